The quantitative estimate of drug-likeness (QED) is 0.900. The van der Waals surface area contributed by atoms with Crippen LogP contribution in [-0.2, 0) is 17.8 Å². The molecule has 0 aliphatic heterocycles. The van der Waals surface area contributed by atoms with Crippen molar-refractivity contribution in [3.8, 4) is 5.75 Å². The summed E-state index contributed by atoms with van der Waals surface area (Å²) in [5, 5.41) is 9.94. The number of aliphatic carboxylic acids is 1. The average molecular weight is 311 g/mol. The van der Waals surface area contributed by atoms with Gasteiger partial charge in [0.15, 0.2) is 0 Å². The predicted octanol–water partition coefficient (Wildman–Crippen LogP) is 4.20. The molecule has 2 aromatic carbocycles. The Balaban J connectivity index is 2.12. The maximum atomic E-state index is 10.8. The number of para-hydroxylation sites is 1. The highest BCUT2D eigenvalue weighted by Gasteiger charge is 2.08. The van der Waals surface area contributed by atoms with Crippen molar-refractivity contribution in [1.29, 1.82) is 0 Å². The first-order valence-corrected chi connectivity index (χ1v) is 6.68. The van der Waals surface area contributed by atoms with Crippen LogP contribution < -0.4 is 4.74 Å². The number of ether oxygens (including phenoxy) is 1. The Morgan fingerprint density at radius 1 is 1.10 bits per heavy atom. The van der Waals surface area contributed by atoms with Gasteiger partial charge in [0.25, 0.3) is 0 Å². The zero-order valence-electron chi connectivity index (χ0n) is 10.5. The summed E-state index contributed by atoms with van der Waals surface area (Å²) in [7, 11) is 0. The van der Waals surface area contributed by atoms with Gasteiger partial charge in [-0.2, -0.15) is 0 Å². The second kappa shape index (κ2) is 6.64. The summed E-state index contributed by atoms with van der Waals surface area (Å²) >= 11 is 11.9. The molecule has 0 unspecified atom stereocenters. The van der Waals surface area contributed by atoms with Gasteiger partial charge in [0.2, 0.25) is 0 Å². The third-order valence-electron chi connectivity index (χ3n) is 2.71. The lowest BCUT2D eigenvalue weighted by atomic mass is 10.1. The SMILES string of the molecule is O=C(O)Cc1ccccc1OCc1ccc(Cl)cc1Cl. The lowest BCUT2D eigenvalue weighted by Gasteiger charge is -2.11. The minimum Gasteiger partial charge on any atom is -0.489 e. The first kappa shape index (κ1) is 14.7. The van der Waals surface area contributed by atoms with E-state index in [1.54, 1.807) is 42.5 Å². The zero-order chi connectivity index (χ0) is 14.5. The van der Waals surface area contributed by atoms with Crippen LogP contribution in [0.4, 0.5) is 0 Å². The molecule has 0 saturated heterocycles. The number of rotatable bonds is 5. The van der Waals surface area contributed by atoms with E-state index in [1.807, 2.05) is 0 Å². The highest BCUT2D eigenvalue weighted by atomic mass is 35.5. The number of carbonyl (C=O) groups is 1. The van der Waals surface area contributed by atoms with E-state index in [0.29, 0.717) is 21.4 Å². The molecule has 5 heteroatoms. The number of hydrogen-bond donors (Lipinski definition) is 1. The lowest BCUT2D eigenvalue weighted by Crippen LogP contribution is -2.04. The van der Waals surface area contributed by atoms with E-state index in [0.717, 1.165) is 5.56 Å². The topological polar surface area (TPSA) is 46.5 Å². The molecule has 0 heterocycles. The average Bonchev–Trinajstić information content (AvgIpc) is 2.39. The molecule has 3 nitrogen and oxygen atoms in total. The molecule has 2 aromatic rings. The maximum absolute atomic E-state index is 10.8. The largest absolute Gasteiger partial charge is 0.489 e. The van der Waals surface area contributed by atoms with Crippen LogP contribution in [0.2, 0.25) is 10.0 Å². The molecule has 2 rings (SSSR count). The monoisotopic (exact) mass is 310 g/mol. The Labute approximate surface area is 126 Å². The Bertz CT molecular complexity index is 626. The van der Waals surface area contributed by atoms with Crippen molar-refractivity contribution >= 4 is 29.2 Å². The van der Waals surface area contributed by atoms with Crippen molar-refractivity contribution in [2.75, 3.05) is 0 Å². The third-order valence-corrected chi connectivity index (χ3v) is 3.30. The first-order valence-electron chi connectivity index (χ1n) is 5.92. The van der Waals surface area contributed by atoms with E-state index in [-0.39, 0.29) is 13.0 Å². The molecular formula is C15H12Cl2O3. The zero-order valence-corrected chi connectivity index (χ0v) is 12.0. The van der Waals surface area contributed by atoms with Gasteiger partial charge in [-0.3, -0.25) is 4.79 Å². The summed E-state index contributed by atoms with van der Waals surface area (Å²) in [5.41, 5.74) is 1.42. The van der Waals surface area contributed by atoms with Gasteiger partial charge < -0.3 is 9.84 Å². The predicted molar refractivity (Wildman–Crippen MR) is 78.6 cm³/mol. The fourth-order valence-electron chi connectivity index (χ4n) is 1.75. The van der Waals surface area contributed by atoms with Crippen molar-refractivity contribution < 1.29 is 14.6 Å². The minimum absolute atomic E-state index is 0.0788. The molecule has 0 aromatic heterocycles. The summed E-state index contributed by atoms with van der Waals surface area (Å²) in [5.74, 6) is -0.355. The number of benzene rings is 2. The van der Waals surface area contributed by atoms with Crippen molar-refractivity contribution in [2.45, 2.75) is 13.0 Å². The standard InChI is InChI=1S/C15H12Cl2O3/c16-12-6-5-11(13(17)8-12)9-20-14-4-2-1-3-10(14)7-15(18)19/h1-6,8H,7,9H2,(H,18,19). The van der Waals surface area contributed by atoms with Gasteiger partial charge in [-0.25, -0.2) is 0 Å². The molecule has 104 valence electrons. The molecule has 20 heavy (non-hydrogen) atoms. The van der Waals surface area contributed by atoms with Crippen LogP contribution in [0.15, 0.2) is 42.5 Å². The van der Waals surface area contributed by atoms with E-state index < -0.39 is 5.97 Å². The molecule has 0 aliphatic carbocycles. The number of carboxylic acids is 1. The summed E-state index contributed by atoms with van der Waals surface area (Å²) in [6.07, 6.45) is -0.0788. The van der Waals surface area contributed by atoms with Crippen molar-refractivity contribution in [1.82, 2.24) is 0 Å². The summed E-state index contributed by atoms with van der Waals surface area (Å²) in [6.45, 7) is 0.257. The Morgan fingerprint density at radius 2 is 1.85 bits per heavy atom. The van der Waals surface area contributed by atoms with Crippen LogP contribution >= 0.6 is 23.2 Å². The molecule has 1 N–H and O–H groups in total. The molecule has 0 aliphatic rings. The summed E-state index contributed by atoms with van der Waals surface area (Å²) < 4.78 is 5.65. The second-order valence-corrected chi connectivity index (χ2v) is 5.05. The molecular weight excluding hydrogens is 299 g/mol. The maximum Gasteiger partial charge on any atom is 0.307 e. The van der Waals surface area contributed by atoms with Gasteiger partial charge >= 0.3 is 5.97 Å². The van der Waals surface area contributed by atoms with E-state index in [4.69, 9.17) is 33.0 Å². The first-order chi connectivity index (χ1) is 9.56. The number of halogens is 2. The van der Waals surface area contributed by atoms with Gasteiger partial charge in [0.05, 0.1) is 6.42 Å². The number of carboxylic acid groups (broad SMARTS) is 1. The smallest absolute Gasteiger partial charge is 0.307 e. The fourth-order valence-corrected chi connectivity index (χ4v) is 2.21. The van der Waals surface area contributed by atoms with E-state index in [9.17, 15) is 4.79 Å². The van der Waals surface area contributed by atoms with Crippen LogP contribution in [0, 0.1) is 0 Å². The molecule has 0 bridgehead atoms. The third kappa shape index (κ3) is 3.89. The van der Waals surface area contributed by atoms with E-state index in [2.05, 4.69) is 0 Å². The van der Waals surface area contributed by atoms with Crippen molar-refractivity contribution in [3.63, 3.8) is 0 Å². The Hall–Kier alpha value is -1.71. The lowest BCUT2D eigenvalue weighted by molar-refractivity contribution is -0.136. The molecule has 0 radical (unpaired) electrons. The molecule has 0 saturated carbocycles. The van der Waals surface area contributed by atoms with Crippen molar-refractivity contribution in [2.24, 2.45) is 0 Å². The van der Waals surface area contributed by atoms with Crippen LogP contribution in [0.5, 0.6) is 5.75 Å². The van der Waals surface area contributed by atoms with E-state index >= 15 is 0 Å². The van der Waals surface area contributed by atoms with Gasteiger partial charge in [-0.15, -0.1) is 0 Å². The van der Waals surface area contributed by atoms with Gasteiger partial charge in [0.1, 0.15) is 12.4 Å². The van der Waals surface area contributed by atoms with Crippen LogP contribution in [0.3, 0.4) is 0 Å². The van der Waals surface area contributed by atoms with Gasteiger partial charge in [-0.1, -0.05) is 47.5 Å². The Kier molecular flexibility index (Phi) is 4.88. The molecule has 0 atom stereocenters. The van der Waals surface area contributed by atoms with Crippen LogP contribution in [0.1, 0.15) is 11.1 Å². The summed E-state index contributed by atoms with van der Waals surface area (Å²) in [6, 6.07) is 12.2. The highest BCUT2D eigenvalue weighted by Crippen LogP contribution is 2.24. The van der Waals surface area contributed by atoms with Crippen molar-refractivity contribution in [3.05, 3.63) is 63.6 Å². The normalized spacial score (nSPS) is 10.3. The summed E-state index contributed by atoms with van der Waals surface area (Å²) in [4.78, 5) is 10.8. The van der Waals surface area contributed by atoms with Crippen LogP contribution in [-0.4, -0.2) is 11.1 Å². The highest BCUT2D eigenvalue weighted by molar-refractivity contribution is 6.35. The number of hydrogen-bond acceptors (Lipinski definition) is 2. The minimum atomic E-state index is -0.898. The van der Waals surface area contributed by atoms with Crippen LogP contribution in [0.25, 0.3) is 0 Å². The van der Waals surface area contributed by atoms with E-state index in [1.165, 1.54) is 0 Å². The van der Waals surface area contributed by atoms with Gasteiger partial charge in [-0.05, 0) is 18.2 Å². The Morgan fingerprint density at radius 3 is 2.55 bits per heavy atom. The van der Waals surface area contributed by atoms with Gasteiger partial charge in [0, 0.05) is 21.2 Å². The second-order valence-electron chi connectivity index (χ2n) is 4.20. The molecule has 0 amide bonds. The fraction of sp³-hybridized carbons (Fsp3) is 0.133. The molecule has 0 spiro atoms. The molecule has 0 fully saturated rings.